The van der Waals surface area contributed by atoms with Gasteiger partial charge in [-0.3, -0.25) is 13.9 Å². The molecule has 0 spiro atoms. The van der Waals surface area contributed by atoms with E-state index in [-0.39, 0.29) is 5.92 Å². The molecule has 0 amide bonds. The SMILES string of the molecule is CCCCCCCCC=CCCCCCCC(CCCCCCCCCCCCCCCC)C(=O)O.O=S(=O)(O)O. The number of rotatable bonds is 30. The average molecular weight is 605 g/mol. The molecule has 1 unspecified atom stereocenters. The van der Waals surface area contributed by atoms with E-state index in [0.717, 1.165) is 25.7 Å². The van der Waals surface area contributed by atoms with Gasteiger partial charge in [-0.05, 0) is 38.5 Å². The zero-order chi connectivity index (χ0) is 30.9. The molecule has 0 aliphatic rings. The number of allylic oxidation sites excluding steroid dienone is 2. The number of aliphatic carboxylic acids is 1. The second-order valence-corrected chi connectivity index (χ2v) is 12.8. The van der Waals surface area contributed by atoms with Crippen molar-refractivity contribution < 1.29 is 27.4 Å². The van der Waals surface area contributed by atoms with Gasteiger partial charge in [-0.2, -0.15) is 8.42 Å². The first-order valence-electron chi connectivity index (χ1n) is 17.3. The van der Waals surface area contributed by atoms with E-state index in [4.69, 9.17) is 17.5 Å². The minimum absolute atomic E-state index is 0.112. The molecular weight excluding hydrogens is 536 g/mol. The molecule has 0 radical (unpaired) electrons. The first-order chi connectivity index (χ1) is 19.7. The first kappa shape index (κ1) is 42.2. The summed E-state index contributed by atoms with van der Waals surface area (Å²) in [5.74, 6) is -0.679. The van der Waals surface area contributed by atoms with Gasteiger partial charge < -0.3 is 5.11 Å². The largest absolute Gasteiger partial charge is 0.481 e. The number of carboxylic acid groups (broad SMARTS) is 1. The van der Waals surface area contributed by atoms with Gasteiger partial charge in [-0.15, -0.1) is 0 Å². The molecular formula is C34H68O6S. The van der Waals surface area contributed by atoms with Crippen LogP contribution in [0.1, 0.15) is 194 Å². The lowest BCUT2D eigenvalue weighted by atomic mass is 9.94. The van der Waals surface area contributed by atoms with Crippen molar-refractivity contribution in [3.63, 3.8) is 0 Å². The third-order valence-electron chi connectivity index (χ3n) is 7.82. The highest BCUT2D eigenvalue weighted by Crippen LogP contribution is 2.20. The Bertz CT molecular complexity index is 654. The predicted octanol–water partition coefficient (Wildman–Crippen LogP) is 11.6. The minimum Gasteiger partial charge on any atom is -0.481 e. The Kier molecular flexibility index (Phi) is 34.6. The van der Waals surface area contributed by atoms with Gasteiger partial charge >= 0.3 is 16.4 Å². The summed E-state index contributed by atoms with van der Waals surface area (Å²) in [4.78, 5) is 11.6. The Labute approximate surface area is 255 Å². The van der Waals surface area contributed by atoms with Crippen molar-refractivity contribution in [3.8, 4) is 0 Å². The van der Waals surface area contributed by atoms with Crippen LogP contribution in [0.2, 0.25) is 0 Å². The van der Waals surface area contributed by atoms with Crippen LogP contribution >= 0.6 is 0 Å². The quantitative estimate of drug-likeness (QED) is 0.0427. The van der Waals surface area contributed by atoms with Gasteiger partial charge in [-0.1, -0.05) is 167 Å². The summed E-state index contributed by atoms with van der Waals surface area (Å²) in [6, 6.07) is 0. The molecule has 0 aliphatic carbocycles. The van der Waals surface area contributed by atoms with Crippen LogP contribution in [0.25, 0.3) is 0 Å². The highest BCUT2D eigenvalue weighted by molar-refractivity contribution is 7.79. The topological polar surface area (TPSA) is 112 Å². The second kappa shape index (κ2) is 33.6. The summed E-state index contributed by atoms with van der Waals surface area (Å²) < 4.78 is 31.6. The molecule has 0 heterocycles. The number of unbranched alkanes of at least 4 members (excludes halogenated alkanes) is 23. The maximum atomic E-state index is 11.6. The van der Waals surface area contributed by atoms with Crippen LogP contribution in [0.5, 0.6) is 0 Å². The standard InChI is InChI=1S/C34H66O2.H2O4S/c1-3-5-7-9-11-13-15-17-19-21-23-25-27-29-31-33(34(35)36)32-30-28-26-24-22-20-18-16-14-12-10-8-6-4-2;1-5(2,3)4/h17,19,33H,3-16,18,20-32H2,1-2H3,(H,35,36);(H2,1,2,3,4). The first-order valence-corrected chi connectivity index (χ1v) is 18.7. The van der Waals surface area contributed by atoms with Crippen molar-refractivity contribution in [1.82, 2.24) is 0 Å². The molecule has 41 heavy (non-hydrogen) atoms. The van der Waals surface area contributed by atoms with Gasteiger partial charge in [0.15, 0.2) is 0 Å². The van der Waals surface area contributed by atoms with E-state index in [0.29, 0.717) is 0 Å². The lowest BCUT2D eigenvalue weighted by Gasteiger charge is -2.12. The number of hydrogen-bond donors (Lipinski definition) is 3. The van der Waals surface area contributed by atoms with Crippen LogP contribution in [0.15, 0.2) is 12.2 Å². The van der Waals surface area contributed by atoms with Crippen LogP contribution in [0, 0.1) is 5.92 Å². The molecule has 0 saturated carbocycles. The average Bonchev–Trinajstić information content (AvgIpc) is 2.91. The van der Waals surface area contributed by atoms with Gasteiger partial charge in [0.05, 0.1) is 5.92 Å². The molecule has 7 heteroatoms. The zero-order valence-electron chi connectivity index (χ0n) is 27.0. The molecule has 0 aromatic heterocycles. The summed E-state index contributed by atoms with van der Waals surface area (Å²) in [6.45, 7) is 4.55. The predicted molar refractivity (Wildman–Crippen MR) is 175 cm³/mol. The van der Waals surface area contributed by atoms with Crippen LogP contribution < -0.4 is 0 Å². The van der Waals surface area contributed by atoms with Crippen LogP contribution in [-0.4, -0.2) is 28.6 Å². The highest BCUT2D eigenvalue weighted by atomic mass is 32.3. The molecule has 0 aromatic rings. The summed E-state index contributed by atoms with van der Waals surface area (Å²) in [6.07, 6.45) is 40.9. The fraction of sp³-hybridized carbons (Fsp3) is 0.912. The Morgan fingerprint density at radius 1 is 0.512 bits per heavy atom. The lowest BCUT2D eigenvalue weighted by Crippen LogP contribution is -2.13. The Balaban J connectivity index is 0. The van der Waals surface area contributed by atoms with Gasteiger partial charge in [0.2, 0.25) is 0 Å². The Hall–Kier alpha value is -0.920. The maximum absolute atomic E-state index is 11.6. The molecule has 0 rings (SSSR count). The normalized spacial score (nSPS) is 12.4. The fourth-order valence-electron chi connectivity index (χ4n) is 5.26. The van der Waals surface area contributed by atoms with E-state index in [1.54, 1.807) is 0 Å². The molecule has 0 saturated heterocycles. The van der Waals surface area contributed by atoms with E-state index < -0.39 is 16.4 Å². The molecule has 0 aliphatic heterocycles. The molecule has 0 bridgehead atoms. The summed E-state index contributed by atoms with van der Waals surface area (Å²) >= 11 is 0. The Morgan fingerprint density at radius 2 is 0.756 bits per heavy atom. The summed E-state index contributed by atoms with van der Waals surface area (Å²) in [5, 5.41) is 9.57. The third-order valence-corrected chi connectivity index (χ3v) is 7.82. The van der Waals surface area contributed by atoms with Crippen LogP contribution in [0.3, 0.4) is 0 Å². The smallest absolute Gasteiger partial charge is 0.394 e. The summed E-state index contributed by atoms with van der Waals surface area (Å²) in [7, 11) is -4.67. The van der Waals surface area contributed by atoms with Crippen LogP contribution in [-0.2, 0) is 15.2 Å². The molecule has 6 nitrogen and oxygen atoms in total. The molecule has 246 valence electrons. The van der Waals surface area contributed by atoms with Gasteiger partial charge in [0, 0.05) is 0 Å². The van der Waals surface area contributed by atoms with Crippen molar-refractivity contribution in [1.29, 1.82) is 0 Å². The van der Waals surface area contributed by atoms with Crippen molar-refractivity contribution in [2.24, 2.45) is 5.92 Å². The van der Waals surface area contributed by atoms with Crippen molar-refractivity contribution in [3.05, 3.63) is 12.2 Å². The second-order valence-electron chi connectivity index (χ2n) is 11.9. The van der Waals surface area contributed by atoms with Crippen molar-refractivity contribution >= 4 is 16.4 Å². The number of hydrogen-bond acceptors (Lipinski definition) is 3. The van der Waals surface area contributed by atoms with E-state index in [1.807, 2.05) is 0 Å². The molecule has 0 aromatic carbocycles. The summed E-state index contributed by atoms with van der Waals surface area (Å²) in [5.41, 5.74) is 0. The monoisotopic (exact) mass is 604 g/mol. The minimum atomic E-state index is -4.67. The number of carbonyl (C=O) groups is 1. The van der Waals surface area contributed by atoms with E-state index in [1.165, 1.54) is 154 Å². The van der Waals surface area contributed by atoms with E-state index >= 15 is 0 Å². The van der Waals surface area contributed by atoms with Crippen LogP contribution in [0.4, 0.5) is 0 Å². The van der Waals surface area contributed by atoms with Crippen molar-refractivity contribution in [2.45, 2.75) is 194 Å². The number of carboxylic acids is 1. The van der Waals surface area contributed by atoms with Crippen molar-refractivity contribution in [2.75, 3.05) is 0 Å². The zero-order valence-corrected chi connectivity index (χ0v) is 27.8. The Morgan fingerprint density at radius 3 is 1.02 bits per heavy atom. The third kappa shape index (κ3) is 43.7. The fourth-order valence-corrected chi connectivity index (χ4v) is 5.26. The van der Waals surface area contributed by atoms with Gasteiger partial charge in [-0.25, -0.2) is 0 Å². The highest BCUT2D eigenvalue weighted by Gasteiger charge is 2.16. The molecule has 3 N–H and O–H groups in total. The van der Waals surface area contributed by atoms with Gasteiger partial charge in [0.1, 0.15) is 0 Å². The van der Waals surface area contributed by atoms with E-state index in [9.17, 15) is 9.90 Å². The maximum Gasteiger partial charge on any atom is 0.394 e. The van der Waals surface area contributed by atoms with E-state index in [2.05, 4.69) is 26.0 Å². The molecule has 1 atom stereocenters. The van der Waals surface area contributed by atoms with Gasteiger partial charge in [0.25, 0.3) is 0 Å². The lowest BCUT2D eigenvalue weighted by molar-refractivity contribution is -0.142. The molecule has 0 fully saturated rings.